The summed E-state index contributed by atoms with van der Waals surface area (Å²) in [6.45, 7) is 11.0. The van der Waals surface area contributed by atoms with E-state index in [1.54, 1.807) is 12.1 Å². The minimum absolute atomic E-state index is 0. The van der Waals surface area contributed by atoms with Crippen molar-refractivity contribution in [3.8, 4) is 6.07 Å². The maximum absolute atomic E-state index is 9.46. The third kappa shape index (κ3) is 6.12. The van der Waals surface area contributed by atoms with Gasteiger partial charge < -0.3 is 25.0 Å². The molecule has 41 heavy (non-hydrogen) atoms. The summed E-state index contributed by atoms with van der Waals surface area (Å²) >= 11 is 0. The molecule has 3 aromatic rings. The van der Waals surface area contributed by atoms with Gasteiger partial charge in [0.05, 0.1) is 42.3 Å². The second-order valence-electron chi connectivity index (χ2n) is 12.5. The molecule has 1 heterocycles. The summed E-state index contributed by atoms with van der Waals surface area (Å²) in [4.78, 5) is 0. The van der Waals surface area contributed by atoms with Crippen LogP contribution >= 0.6 is 0 Å². The van der Waals surface area contributed by atoms with E-state index >= 15 is 0 Å². The van der Waals surface area contributed by atoms with Crippen LogP contribution in [0.1, 0.15) is 52.5 Å². The normalized spacial score (nSPS) is 22.1. The van der Waals surface area contributed by atoms with Crippen LogP contribution in [0, 0.1) is 16.7 Å². The van der Waals surface area contributed by atoms with Gasteiger partial charge in [0.25, 0.3) is 8.32 Å². The Balaban J connectivity index is 0.00000387. The molecule has 218 valence electrons. The number of ether oxygens (including phenoxy) is 2. The Morgan fingerprint density at radius 3 is 2.12 bits per heavy atom. The molecule has 0 unspecified atom stereocenters. The van der Waals surface area contributed by atoms with Gasteiger partial charge in [0, 0.05) is 41.9 Å². The molecule has 0 aromatic heterocycles. The van der Waals surface area contributed by atoms with E-state index in [2.05, 4.69) is 99.7 Å². The fraction of sp³-hybridized carbons (Fsp3) is 0.424. The molecule has 6 nitrogen and oxygen atoms in total. The van der Waals surface area contributed by atoms with Crippen molar-refractivity contribution >= 4 is 30.1 Å². The van der Waals surface area contributed by atoms with E-state index in [-0.39, 0.29) is 33.6 Å². The molecule has 0 bridgehead atoms. The van der Waals surface area contributed by atoms with E-state index in [4.69, 9.17) is 19.6 Å². The number of rotatable bonds is 7. The van der Waals surface area contributed by atoms with Crippen LogP contribution in [-0.4, -0.2) is 40.0 Å². The fourth-order valence-electron chi connectivity index (χ4n) is 6.62. The number of nitrogens with zero attached hydrogens (tertiary/aromatic N) is 1. The first-order valence-corrected chi connectivity index (χ1v) is 16.1. The van der Waals surface area contributed by atoms with Crippen LogP contribution in [0.15, 0.2) is 78.9 Å². The van der Waals surface area contributed by atoms with Crippen molar-refractivity contribution in [3.05, 3.63) is 84.4 Å². The Bertz CT molecular complexity index is 1310. The Morgan fingerprint density at radius 2 is 1.59 bits per heavy atom. The largest absolute Gasteiger partial charge is 0.404 e. The molecular formula is C33H41FeN3O3Si. The van der Waals surface area contributed by atoms with Gasteiger partial charge in [0.2, 0.25) is 0 Å². The number of nitrogens with two attached hydrogens (primary N) is 1. The Morgan fingerprint density at radius 1 is 1.00 bits per heavy atom. The Kier molecular flexibility index (Phi) is 9.40. The molecule has 1 saturated heterocycles. The molecule has 2 aliphatic rings. The van der Waals surface area contributed by atoms with Crippen molar-refractivity contribution in [2.75, 3.05) is 30.8 Å². The molecule has 2 fully saturated rings. The summed E-state index contributed by atoms with van der Waals surface area (Å²) in [5.41, 5.74) is 7.93. The molecular weight excluding hydrogens is 570 g/mol. The molecule has 1 spiro atoms. The zero-order valence-corrected chi connectivity index (χ0v) is 26.5. The minimum Gasteiger partial charge on any atom is -0.404 e. The van der Waals surface area contributed by atoms with Crippen LogP contribution in [0.2, 0.25) is 5.04 Å². The maximum Gasteiger partial charge on any atom is 0.261 e. The average Bonchev–Trinajstić information content (AvgIpc) is 3.40. The fourth-order valence-corrected chi connectivity index (χ4v) is 11.5. The van der Waals surface area contributed by atoms with Crippen molar-refractivity contribution in [2.45, 2.75) is 63.9 Å². The quantitative estimate of drug-likeness (QED) is 0.274. The van der Waals surface area contributed by atoms with Gasteiger partial charge in [0.15, 0.2) is 5.79 Å². The number of anilines is 2. The van der Waals surface area contributed by atoms with Crippen LogP contribution in [0.3, 0.4) is 0 Å². The monoisotopic (exact) mass is 611 g/mol. The molecule has 3 N–H and O–H groups in total. The van der Waals surface area contributed by atoms with Crippen molar-refractivity contribution in [3.63, 3.8) is 0 Å². The Hall–Kier alpha value is -2.63. The number of nitrogens with one attached hydrogen (secondary N) is 1. The number of hydrogen-bond donors (Lipinski definition) is 2. The first kappa shape index (κ1) is 31.3. The molecule has 2 atom stereocenters. The van der Waals surface area contributed by atoms with E-state index in [9.17, 15) is 5.26 Å². The maximum atomic E-state index is 9.46. The second kappa shape index (κ2) is 12.3. The predicted octanol–water partition coefficient (Wildman–Crippen LogP) is 5.43. The molecule has 8 heteroatoms. The van der Waals surface area contributed by atoms with Gasteiger partial charge >= 0.3 is 0 Å². The SMILES string of the molecule is CC(C)(C)[Si](O[C@@H]1CCC2(C[C@@]1(C)CNc1cc(C#N)ccc1N)OCCO2)(c1ccccc1)c1ccccc1.[Fe]. The van der Waals surface area contributed by atoms with Crippen LogP contribution < -0.4 is 21.4 Å². The van der Waals surface area contributed by atoms with Crippen molar-refractivity contribution in [2.24, 2.45) is 5.41 Å². The van der Waals surface area contributed by atoms with Crippen LogP contribution in [0.4, 0.5) is 11.4 Å². The zero-order valence-electron chi connectivity index (χ0n) is 24.4. The van der Waals surface area contributed by atoms with Gasteiger partial charge in [0.1, 0.15) is 0 Å². The third-order valence-corrected chi connectivity index (χ3v) is 13.7. The first-order chi connectivity index (χ1) is 19.1. The smallest absolute Gasteiger partial charge is 0.261 e. The average molecular weight is 612 g/mol. The topological polar surface area (TPSA) is 89.5 Å². The van der Waals surface area contributed by atoms with Gasteiger partial charge in [-0.25, -0.2) is 0 Å². The molecule has 0 radical (unpaired) electrons. The standard InChI is InChI=1S/C33H41N3O3Si.Fe/c1-31(2,3)40(26-11-7-5-8-12-26,27-13-9-6-10-14-27)39-30-17-18-33(37-19-20-38-33)23-32(30,4)24-36-29-21-25(22-34)15-16-28(29)35;/h5-16,21,30,36H,17-20,23-24,35H2,1-4H3;/t30-,32+;/m1./s1. The summed E-state index contributed by atoms with van der Waals surface area (Å²) in [6, 6.07) is 29.1. The van der Waals surface area contributed by atoms with Gasteiger partial charge in [-0.1, -0.05) is 88.4 Å². The molecule has 1 saturated carbocycles. The molecule has 3 aromatic carbocycles. The number of benzene rings is 3. The van der Waals surface area contributed by atoms with E-state index in [0.29, 0.717) is 37.4 Å². The van der Waals surface area contributed by atoms with Gasteiger partial charge in [-0.05, 0) is 40.0 Å². The van der Waals surface area contributed by atoms with Gasteiger partial charge in [-0.2, -0.15) is 5.26 Å². The third-order valence-electron chi connectivity index (χ3n) is 8.65. The van der Waals surface area contributed by atoms with Crippen molar-refractivity contribution < 1.29 is 31.0 Å². The van der Waals surface area contributed by atoms with Crippen LogP contribution in [0.25, 0.3) is 0 Å². The van der Waals surface area contributed by atoms with E-state index in [1.165, 1.54) is 10.4 Å². The molecule has 0 amide bonds. The number of hydrogen-bond acceptors (Lipinski definition) is 6. The number of nitriles is 1. The molecule has 5 rings (SSSR count). The summed E-state index contributed by atoms with van der Waals surface area (Å²) in [6.07, 6.45) is 2.24. The van der Waals surface area contributed by atoms with Crippen LogP contribution in [0.5, 0.6) is 0 Å². The summed E-state index contributed by atoms with van der Waals surface area (Å²) in [5.74, 6) is -0.595. The molecule has 1 aliphatic heterocycles. The van der Waals surface area contributed by atoms with Crippen molar-refractivity contribution in [1.82, 2.24) is 0 Å². The predicted molar refractivity (Wildman–Crippen MR) is 163 cm³/mol. The summed E-state index contributed by atoms with van der Waals surface area (Å²) in [5, 5.41) is 15.4. The summed E-state index contributed by atoms with van der Waals surface area (Å²) < 4.78 is 20.2. The number of nitrogen functional groups attached to an aromatic ring is 1. The van der Waals surface area contributed by atoms with E-state index in [0.717, 1.165) is 18.5 Å². The van der Waals surface area contributed by atoms with Crippen LogP contribution in [-0.2, 0) is 31.0 Å². The zero-order chi connectivity index (χ0) is 28.4. The van der Waals surface area contributed by atoms with Crippen molar-refractivity contribution in [1.29, 1.82) is 5.26 Å². The molecule has 1 aliphatic carbocycles. The second-order valence-corrected chi connectivity index (χ2v) is 16.8. The Labute approximate surface area is 256 Å². The summed E-state index contributed by atoms with van der Waals surface area (Å²) in [7, 11) is -2.79. The van der Waals surface area contributed by atoms with Gasteiger partial charge in [-0.15, -0.1) is 0 Å². The van der Waals surface area contributed by atoms with E-state index < -0.39 is 14.1 Å². The first-order valence-electron chi connectivity index (χ1n) is 14.2. The minimum atomic E-state index is -2.79. The van der Waals surface area contributed by atoms with Gasteiger partial charge in [-0.3, -0.25) is 0 Å². The van der Waals surface area contributed by atoms with E-state index in [1.807, 2.05) is 6.07 Å².